The van der Waals surface area contributed by atoms with Crippen LogP contribution in [0, 0.1) is 0 Å². The summed E-state index contributed by atoms with van der Waals surface area (Å²) in [6, 6.07) is 9.76. The summed E-state index contributed by atoms with van der Waals surface area (Å²) >= 11 is 0. The van der Waals surface area contributed by atoms with Crippen molar-refractivity contribution in [1.29, 1.82) is 0 Å². The molecule has 1 N–H and O–H groups in total. The first kappa shape index (κ1) is 13.4. The van der Waals surface area contributed by atoms with E-state index in [0.29, 0.717) is 5.76 Å². The Hall–Kier alpha value is -2.03. The molecule has 0 radical (unpaired) electrons. The quantitative estimate of drug-likeness (QED) is 0.889. The number of furan rings is 1. The van der Waals surface area contributed by atoms with Gasteiger partial charge in [-0.3, -0.25) is 4.79 Å². The summed E-state index contributed by atoms with van der Waals surface area (Å²) in [5, 5.41) is 3.02. The van der Waals surface area contributed by atoms with Gasteiger partial charge in [0.05, 0.1) is 12.7 Å². The lowest BCUT2D eigenvalue weighted by molar-refractivity contribution is -0.115. The number of rotatable bonds is 5. The van der Waals surface area contributed by atoms with E-state index in [9.17, 15) is 4.79 Å². The molecule has 3 heteroatoms. The molecule has 0 aliphatic rings. The highest BCUT2D eigenvalue weighted by Gasteiger charge is 2.11. The van der Waals surface area contributed by atoms with Crippen molar-refractivity contribution in [2.24, 2.45) is 0 Å². The summed E-state index contributed by atoms with van der Waals surface area (Å²) < 4.78 is 5.19. The first-order valence-electron chi connectivity index (χ1n) is 6.67. The molecule has 19 heavy (non-hydrogen) atoms. The third-order valence-corrected chi connectivity index (χ3v) is 3.18. The van der Waals surface area contributed by atoms with Crippen molar-refractivity contribution >= 4 is 11.6 Å². The summed E-state index contributed by atoms with van der Waals surface area (Å²) in [6.45, 7) is 4.19. The molecule has 0 fully saturated rings. The first-order chi connectivity index (χ1) is 9.24. The van der Waals surface area contributed by atoms with Crippen LogP contribution < -0.4 is 5.32 Å². The monoisotopic (exact) mass is 257 g/mol. The van der Waals surface area contributed by atoms with Crippen molar-refractivity contribution in [1.82, 2.24) is 0 Å². The van der Waals surface area contributed by atoms with Gasteiger partial charge in [0.2, 0.25) is 5.91 Å². The summed E-state index contributed by atoms with van der Waals surface area (Å²) in [5.41, 5.74) is 3.31. The number of carbonyl (C=O) groups excluding carboxylic acids is 1. The average Bonchev–Trinajstić information content (AvgIpc) is 2.91. The molecule has 0 bridgehead atoms. The number of anilines is 1. The lowest BCUT2D eigenvalue weighted by Crippen LogP contribution is -2.16. The van der Waals surface area contributed by atoms with Gasteiger partial charge in [0.25, 0.3) is 0 Å². The van der Waals surface area contributed by atoms with E-state index in [-0.39, 0.29) is 12.3 Å². The van der Waals surface area contributed by atoms with Crippen LogP contribution in [0.5, 0.6) is 0 Å². The van der Waals surface area contributed by atoms with Crippen LogP contribution >= 0.6 is 0 Å². The number of carbonyl (C=O) groups is 1. The SMILES string of the molecule is CCc1cccc(CC)c1NC(=O)Cc1ccco1. The Morgan fingerprint density at radius 2 is 1.79 bits per heavy atom. The van der Waals surface area contributed by atoms with E-state index in [1.807, 2.05) is 12.1 Å². The standard InChI is InChI=1S/C16H19NO2/c1-3-12-7-5-8-13(4-2)16(12)17-15(18)11-14-9-6-10-19-14/h5-10H,3-4,11H2,1-2H3,(H,17,18). The van der Waals surface area contributed by atoms with E-state index in [2.05, 4.69) is 31.3 Å². The molecule has 1 heterocycles. The van der Waals surface area contributed by atoms with E-state index >= 15 is 0 Å². The molecule has 1 aromatic heterocycles. The summed E-state index contributed by atoms with van der Waals surface area (Å²) in [6.07, 6.45) is 3.67. The third-order valence-electron chi connectivity index (χ3n) is 3.18. The molecular formula is C16H19NO2. The Balaban J connectivity index is 2.15. The smallest absolute Gasteiger partial charge is 0.232 e. The largest absolute Gasteiger partial charge is 0.469 e. The highest BCUT2D eigenvalue weighted by atomic mass is 16.3. The zero-order valence-corrected chi connectivity index (χ0v) is 11.4. The maximum absolute atomic E-state index is 12.0. The Kier molecular flexibility index (Phi) is 4.39. The second kappa shape index (κ2) is 6.23. The van der Waals surface area contributed by atoms with E-state index in [1.165, 1.54) is 11.1 Å². The van der Waals surface area contributed by atoms with Gasteiger partial charge in [-0.15, -0.1) is 0 Å². The molecule has 0 saturated carbocycles. The van der Waals surface area contributed by atoms with Crippen molar-refractivity contribution in [2.75, 3.05) is 5.32 Å². The van der Waals surface area contributed by atoms with Crippen LogP contribution in [0.4, 0.5) is 5.69 Å². The maximum atomic E-state index is 12.0. The Bertz CT molecular complexity index is 522. The van der Waals surface area contributed by atoms with Crippen molar-refractivity contribution in [2.45, 2.75) is 33.1 Å². The average molecular weight is 257 g/mol. The van der Waals surface area contributed by atoms with E-state index in [1.54, 1.807) is 12.3 Å². The summed E-state index contributed by atoms with van der Waals surface area (Å²) in [5.74, 6) is 0.648. The Labute approximate surface area is 113 Å². The molecule has 0 aliphatic carbocycles. The molecule has 3 nitrogen and oxygen atoms in total. The van der Waals surface area contributed by atoms with Gasteiger partial charge in [0, 0.05) is 5.69 Å². The molecular weight excluding hydrogens is 238 g/mol. The van der Waals surface area contributed by atoms with Crippen molar-refractivity contribution in [3.05, 3.63) is 53.5 Å². The molecule has 0 spiro atoms. The van der Waals surface area contributed by atoms with Crippen LogP contribution in [0.15, 0.2) is 41.0 Å². The molecule has 0 unspecified atom stereocenters. The molecule has 100 valence electrons. The zero-order chi connectivity index (χ0) is 13.7. The second-order valence-corrected chi connectivity index (χ2v) is 4.46. The minimum atomic E-state index is -0.0365. The normalized spacial score (nSPS) is 10.4. The first-order valence-corrected chi connectivity index (χ1v) is 6.67. The fourth-order valence-corrected chi connectivity index (χ4v) is 2.16. The predicted octanol–water partition coefficient (Wildman–Crippen LogP) is 3.59. The highest BCUT2D eigenvalue weighted by Crippen LogP contribution is 2.22. The van der Waals surface area contributed by atoms with Gasteiger partial charge < -0.3 is 9.73 Å². The maximum Gasteiger partial charge on any atom is 0.232 e. The molecule has 0 atom stereocenters. The number of hydrogen-bond donors (Lipinski definition) is 1. The number of nitrogens with one attached hydrogen (secondary N) is 1. The molecule has 0 aliphatic heterocycles. The van der Waals surface area contributed by atoms with E-state index < -0.39 is 0 Å². The fourth-order valence-electron chi connectivity index (χ4n) is 2.16. The van der Waals surface area contributed by atoms with Gasteiger partial charge >= 0.3 is 0 Å². The van der Waals surface area contributed by atoms with Crippen LogP contribution in [0.3, 0.4) is 0 Å². The van der Waals surface area contributed by atoms with Crippen LogP contribution in [0.2, 0.25) is 0 Å². The summed E-state index contributed by atoms with van der Waals surface area (Å²) in [7, 11) is 0. The second-order valence-electron chi connectivity index (χ2n) is 4.46. The Morgan fingerprint density at radius 1 is 1.11 bits per heavy atom. The van der Waals surface area contributed by atoms with Crippen LogP contribution in [-0.2, 0) is 24.1 Å². The summed E-state index contributed by atoms with van der Waals surface area (Å²) in [4.78, 5) is 12.0. The topological polar surface area (TPSA) is 42.2 Å². The fraction of sp³-hybridized carbons (Fsp3) is 0.312. The molecule has 1 amide bonds. The van der Waals surface area contributed by atoms with Gasteiger partial charge in [-0.2, -0.15) is 0 Å². The van der Waals surface area contributed by atoms with Gasteiger partial charge in [-0.25, -0.2) is 0 Å². The number of benzene rings is 1. The molecule has 1 aromatic carbocycles. The number of hydrogen-bond acceptors (Lipinski definition) is 2. The van der Waals surface area contributed by atoms with E-state index in [0.717, 1.165) is 18.5 Å². The van der Waals surface area contributed by atoms with Gasteiger partial charge in [-0.1, -0.05) is 32.0 Å². The minimum Gasteiger partial charge on any atom is -0.469 e. The van der Waals surface area contributed by atoms with Gasteiger partial charge in [0.1, 0.15) is 5.76 Å². The number of para-hydroxylation sites is 1. The predicted molar refractivity (Wildman–Crippen MR) is 76.2 cm³/mol. The Morgan fingerprint density at radius 3 is 2.32 bits per heavy atom. The highest BCUT2D eigenvalue weighted by molar-refractivity contribution is 5.93. The minimum absolute atomic E-state index is 0.0365. The number of aryl methyl sites for hydroxylation is 2. The lowest BCUT2D eigenvalue weighted by Gasteiger charge is -2.14. The van der Waals surface area contributed by atoms with Crippen molar-refractivity contribution < 1.29 is 9.21 Å². The van der Waals surface area contributed by atoms with E-state index in [4.69, 9.17) is 4.42 Å². The van der Waals surface area contributed by atoms with Crippen molar-refractivity contribution in [3.63, 3.8) is 0 Å². The number of amides is 1. The third kappa shape index (κ3) is 3.25. The van der Waals surface area contributed by atoms with Gasteiger partial charge in [-0.05, 0) is 36.1 Å². The molecule has 2 aromatic rings. The van der Waals surface area contributed by atoms with Crippen LogP contribution in [-0.4, -0.2) is 5.91 Å². The van der Waals surface area contributed by atoms with Crippen molar-refractivity contribution in [3.8, 4) is 0 Å². The lowest BCUT2D eigenvalue weighted by atomic mass is 10.0. The van der Waals surface area contributed by atoms with Crippen LogP contribution in [0.1, 0.15) is 30.7 Å². The molecule has 0 saturated heterocycles. The van der Waals surface area contributed by atoms with Crippen LogP contribution in [0.25, 0.3) is 0 Å². The van der Waals surface area contributed by atoms with Gasteiger partial charge in [0.15, 0.2) is 0 Å². The molecule has 2 rings (SSSR count). The zero-order valence-electron chi connectivity index (χ0n) is 11.4.